The number of aromatic nitrogens is 8. The highest BCUT2D eigenvalue weighted by molar-refractivity contribution is 8.44. The van der Waals surface area contributed by atoms with Gasteiger partial charge in [0.05, 0.1) is 25.9 Å². The van der Waals surface area contributed by atoms with Crippen molar-refractivity contribution in [2.24, 2.45) is 0 Å². The maximum absolute atomic E-state index is 13.5. The molecule has 0 amide bonds. The molecule has 6 N–H and O–H groups in total. The van der Waals surface area contributed by atoms with Gasteiger partial charge in [-0.25, -0.2) is 39.0 Å². The zero-order chi connectivity index (χ0) is 31.0. The minimum atomic E-state index is -4.30. The van der Waals surface area contributed by atoms with Crippen LogP contribution in [0.4, 0.5) is 11.6 Å². The van der Waals surface area contributed by atoms with E-state index in [0.29, 0.717) is 0 Å². The van der Waals surface area contributed by atoms with Crippen LogP contribution in [0.2, 0.25) is 0 Å². The van der Waals surface area contributed by atoms with E-state index in [9.17, 15) is 19.3 Å². The van der Waals surface area contributed by atoms with Crippen LogP contribution in [0, 0.1) is 0 Å². The Kier molecular flexibility index (Phi) is 7.63. The molecule has 0 radical (unpaired) electrons. The highest BCUT2D eigenvalue weighted by Gasteiger charge is 2.53. The number of anilines is 2. The quantitative estimate of drug-likeness (QED) is 0.121. The highest BCUT2D eigenvalue weighted by Crippen LogP contribution is 2.60. The first-order chi connectivity index (χ1) is 20.9. The number of aliphatic hydroxyl groups is 2. The van der Waals surface area contributed by atoms with E-state index in [2.05, 4.69) is 54.4 Å². The lowest BCUT2D eigenvalue weighted by Gasteiger charge is -2.26. The molecule has 7 heterocycles. The highest BCUT2D eigenvalue weighted by atomic mass is 32.7. The summed E-state index contributed by atoms with van der Waals surface area (Å²) in [5.74, 6) is 0.178. The monoisotopic (exact) mass is 690 g/mol. The van der Waals surface area contributed by atoms with Gasteiger partial charge in [-0.15, -0.1) is 0 Å². The van der Waals surface area contributed by atoms with Crippen LogP contribution in [0.25, 0.3) is 22.3 Å². The average molecular weight is 691 g/mol. The summed E-state index contributed by atoms with van der Waals surface area (Å²) in [6.45, 7) is -9.69. The van der Waals surface area contributed by atoms with Crippen molar-refractivity contribution in [1.29, 1.82) is 0 Å². The predicted molar refractivity (Wildman–Crippen MR) is 154 cm³/mol. The van der Waals surface area contributed by atoms with Crippen LogP contribution < -0.4 is 11.5 Å². The normalized spacial score (nSPS) is 38.3. The van der Waals surface area contributed by atoms with Gasteiger partial charge in [-0.2, -0.15) is 0 Å². The average Bonchev–Trinajstić information content (AvgIpc) is 3.73. The number of nitrogen functional groups attached to an aromatic ring is 2. The van der Waals surface area contributed by atoms with E-state index >= 15 is 0 Å². The van der Waals surface area contributed by atoms with Crippen molar-refractivity contribution in [3.8, 4) is 0 Å². The SMILES string of the molecule is Nc1ncnc2c1ncn2[C@@H]1O[C@@H]2CO[P@@](=O)(S)O[C@@H]3[C@H](O)[C@@H](CO[P@@](=O)(S)OC1[C@@H]2O)O[C@H]3n1cnc2c(N)ncnc21. The number of hydrogen-bond donors (Lipinski definition) is 6. The van der Waals surface area contributed by atoms with Gasteiger partial charge in [0.15, 0.2) is 35.4 Å². The number of fused-ring (bicyclic) bond motifs is 6. The summed E-state index contributed by atoms with van der Waals surface area (Å²) in [7, 11) is 0. The summed E-state index contributed by atoms with van der Waals surface area (Å²) in [5.41, 5.74) is 12.7. The molecule has 3 aliphatic rings. The van der Waals surface area contributed by atoms with E-state index in [0.717, 1.165) is 0 Å². The standard InChI is InChI=1S/C20H24N10O10P2S2/c21-15-9-17(25-3-23-15)29(5-27-9)19-13-11(31)7(37-19)1-35-41(33,43)39-14-12(32)8(2-36-42(34,44)40-13)38-20(14)30-6-28-10-16(22)24-4-26-18(10)30/h3-8,11-14,19-20,31-32H,1-2H2,(H,33,43)(H,34,44)(H2,21,23,25)(H2,22,24,26)/t7-,8-,11-,12-,13-,14?,19-,20-,41-,42-/m1/s1. The van der Waals surface area contributed by atoms with Gasteiger partial charge < -0.3 is 31.2 Å². The Labute approximate surface area is 256 Å². The number of ether oxygens (including phenoxy) is 2. The molecule has 236 valence electrons. The van der Waals surface area contributed by atoms with E-state index in [1.54, 1.807) is 0 Å². The van der Waals surface area contributed by atoms with E-state index in [4.69, 9.17) is 39.0 Å². The number of rotatable bonds is 2. The van der Waals surface area contributed by atoms with Crippen molar-refractivity contribution in [3.63, 3.8) is 0 Å². The lowest BCUT2D eigenvalue weighted by atomic mass is 10.1. The number of imidazole rings is 2. The maximum Gasteiger partial charge on any atom is 0.386 e. The lowest BCUT2D eigenvalue weighted by Crippen LogP contribution is -2.37. The van der Waals surface area contributed by atoms with Crippen molar-refractivity contribution < 1.29 is 46.9 Å². The summed E-state index contributed by atoms with van der Waals surface area (Å²) in [6.07, 6.45) is -5.68. The molecule has 24 heteroatoms. The first kappa shape index (κ1) is 30.2. The molecule has 4 aromatic heterocycles. The summed E-state index contributed by atoms with van der Waals surface area (Å²) in [4.78, 5) is 24.5. The molecule has 10 atom stereocenters. The number of hydrogen-bond acceptors (Lipinski definition) is 18. The fourth-order valence-electron chi connectivity index (χ4n) is 5.20. The van der Waals surface area contributed by atoms with Crippen LogP contribution in [-0.4, -0.2) is 99.1 Å². The molecule has 3 saturated heterocycles. The topological polar surface area (TPSA) is 269 Å². The molecular formula is C20H24N10O10P2S2. The molecule has 4 bridgehead atoms. The van der Waals surface area contributed by atoms with Gasteiger partial charge in [0, 0.05) is 0 Å². The van der Waals surface area contributed by atoms with Gasteiger partial charge in [0.2, 0.25) is 0 Å². The third-order valence-corrected chi connectivity index (χ3v) is 10.5. The molecular weight excluding hydrogens is 666 g/mol. The molecule has 3 aliphatic heterocycles. The summed E-state index contributed by atoms with van der Waals surface area (Å²) in [5, 5.41) is 22.4. The fraction of sp³-hybridized carbons (Fsp3) is 0.500. The molecule has 20 nitrogen and oxygen atoms in total. The largest absolute Gasteiger partial charge is 0.387 e. The first-order valence-electron chi connectivity index (χ1n) is 12.8. The molecule has 0 aromatic carbocycles. The van der Waals surface area contributed by atoms with Crippen molar-refractivity contribution >= 4 is 72.1 Å². The molecule has 7 rings (SSSR count). The van der Waals surface area contributed by atoms with Gasteiger partial charge in [-0.05, 0) is 0 Å². The smallest absolute Gasteiger partial charge is 0.386 e. The third kappa shape index (κ3) is 5.27. The summed E-state index contributed by atoms with van der Waals surface area (Å²) < 4.78 is 64.1. The van der Waals surface area contributed by atoms with Crippen LogP contribution in [0.3, 0.4) is 0 Å². The van der Waals surface area contributed by atoms with Crippen molar-refractivity contribution in [2.75, 3.05) is 24.7 Å². The minimum absolute atomic E-state index is 0.0888. The molecule has 1 unspecified atom stereocenters. The first-order valence-corrected chi connectivity index (χ1v) is 18.2. The predicted octanol–water partition coefficient (Wildman–Crippen LogP) is 0.240. The van der Waals surface area contributed by atoms with Gasteiger partial charge in [-0.1, -0.05) is 24.5 Å². The zero-order valence-corrected chi connectivity index (χ0v) is 25.6. The Hall–Kier alpha value is -2.46. The minimum Gasteiger partial charge on any atom is -0.387 e. The van der Waals surface area contributed by atoms with Crippen molar-refractivity contribution in [3.05, 3.63) is 25.3 Å². The number of nitrogens with zero attached hydrogens (tertiary/aromatic N) is 8. The number of thiol groups is 2. The summed E-state index contributed by atoms with van der Waals surface area (Å²) >= 11 is 8.18. The Morgan fingerprint density at radius 1 is 0.727 bits per heavy atom. The van der Waals surface area contributed by atoms with Crippen molar-refractivity contribution in [1.82, 2.24) is 39.0 Å². The van der Waals surface area contributed by atoms with Crippen LogP contribution in [0.1, 0.15) is 12.5 Å². The Bertz CT molecular complexity index is 1700. The second kappa shape index (κ2) is 11.1. The van der Waals surface area contributed by atoms with Gasteiger partial charge in [0.25, 0.3) is 0 Å². The lowest BCUT2D eigenvalue weighted by molar-refractivity contribution is -0.0584. The molecule has 0 saturated carbocycles. The Morgan fingerprint density at radius 3 is 1.55 bits per heavy atom. The van der Waals surface area contributed by atoms with E-state index in [1.165, 1.54) is 34.4 Å². The van der Waals surface area contributed by atoms with E-state index in [-0.39, 0.29) is 34.0 Å². The third-order valence-electron chi connectivity index (χ3n) is 7.26. The molecule has 0 aliphatic carbocycles. The number of nitrogens with two attached hydrogens (primary N) is 2. The van der Waals surface area contributed by atoms with Crippen LogP contribution in [0.15, 0.2) is 25.3 Å². The Balaban J connectivity index is 1.22. The maximum atomic E-state index is 13.5. The molecule has 44 heavy (non-hydrogen) atoms. The zero-order valence-electron chi connectivity index (χ0n) is 22.0. The molecule has 4 aromatic rings. The van der Waals surface area contributed by atoms with Gasteiger partial charge >= 0.3 is 13.6 Å². The van der Waals surface area contributed by atoms with Crippen LogP contribution in [-0.2, 0) is 36.7 Å². The van der Waals surface area contributed by atoms with E-state index in [1.807, 2.05) is 0 Å². The molecule has 3 fully saturated rings. The van der Waals surface area contributed by atoms with Crippen molar-refractivity contribution in [2.45, 2.75) is 49.1 Å². The van der Waals surface area contributed by atoms with Crippen LogP contribution in [0.5, 0.6) is 0 Å². The van der Waals surface area contributed by atoms with Crippen LogP contribution >= 0.6 is 38.1 Å². The van der Waals surface area contributed by atoms with E-state index < -0.39 is 75.9 Å². The second-order valence-electron chi connectivity index (χ2n) is 9.95. The second-order valence-corrected chi connectivity index (χ2v) is 15.7. The van der Waals surface area contributed by atoms with Gasteiger partial charge in [-0.3, -0.25) is 27.2 Å². The Morgan fingerprint density at radius 2 is 1.14 bits per heavy atom. The fourth-order valence-corrected chi connectivity index (χ4v) is 8.12. The van der Waals surface area contributed by atoms with Gasteiger partial charge in [0.1, 0.15) is 60.3 Å². The summed E-state index contributed by atoms with van der Waals surface area (Å²) in [6, 6.07) is 0. The molecule has 0 spiro atoms. The number of aliphatic hydroxyl groups excluding tert-OH is 2.